The molecule has 0 aliphatic carbocycles. The smallest absolute Gasteiger partial charge is 0.328 e. The Hall–Kier alpha value is -4.15. The number of hydrogen-bond donors (Lipinski definition) is 7. The molecule has 0 saturated heterocycles. The Bertz CT molecular complexity index is 1430. The van der Waals surface area contributed by atoms with E-state index >= 15 is 0 Å². The highest BCUT2D eigenvalue weighted by Crippen LogP contribution is 2.18. The summed E-state index contributed by atoms with van der Waals surface area (Å²) < 4.78 is 6.26. The molecule has 2 amide bonds. The molecule has 0 aliphatic heterocycles. The number of imidazole rings is 1. The first kappa shape index (κ1) is 32.4. The number of carbonyl (C=O) groups is 3. The number of aromatic amines is 1. The van der Waals surface area contributed by atoms with Crippen molar-refractivity contribution >= 4 is 58.2 Å². The predicted octanol–water partition coefficient (Wildman–Crippen LogP) is 0.00130. The Morgan fingerprint density at radius 3 is 2.60 bits per heavy atom. The minimum Gasteiger partial charge on any atom is -0.465 e. The van der Waals surface area contributed by atoms with Gasteiger partial charge in [0.1, 0.15) is 18.2 Å². The molecule has 2 aromatic heterocycles. The number of aliphatic hydroxyl groups excluding tert-OH is 1. The van der Waals surface area contributed by atoms with Crippen molar-refractivity contribution in [2.45, 2.75) is 45.3 Å². The third kappa shape index (κ3) is 9.19. The number of H-pyrrole nitrogens is 1. The number of esters is 1. The quantitative estimate of drug-likeness (QED) is 0.0847. The molecular weight excluding hydrogens is 566 g/mol. The molecule has 0 bridgehead atoms. The zero-order valence-electron chi connectivity index (χ0n) is 23.5. The van der Waals surface area contributed by atoms with Gasteiger partial charge in [0.2, 0.25) is 17.8 Å². The lowest BCUT2D eigenvalue weighted by atomic mass is 10.2. The van der Waals surface area contributed by atoms with Gasteiger partial charge in [0.05, 0.1) is 19.2 Å². The fourth-order valence-electron chi connectivity index (χ4n) is 3.76. The Morgan fingerprint density at radius 2 is 1.93 bits per heavy atom. The summed E-state index contributed by atoms with van der Waals surface area (Å²) in [6.45, 7) is 3.81. The number of thioether (sulfide) groups is 1. The molecular formula is C26H37N9O6S. The largest absolute Gasteiger partial charge is 0.465 e. The molecule has 3 aromatic rings. The van der Waals surface area contributed by atoms with Crippen LogP contribution < -0.4 is 33.1 Å². The number of benzene rings is 1. The second-order valence-corrected chi connectivity index (χ2v) is 10.5. The van der Waals surface area contributed by atoms with E-state index in [2.05, 4.69) is 37.8 Å². The molecule has 42 heavy (non-hydrogen) atoms. The van der Waals surface area contributed by atoms with E-state index in [1.165, 1.54) is 23.3 Å². The summed E-state index contributed by atoms with van der Waals surface area (Å²) in [7, 11) is 0. The summed E-state index contributed by atoms with van der Waals surface area (Å²) in [6.07, 6.45) is 1.93. The number of amides is 2. The van der Waals surface area contributed by atoms with E-state index in [1.54, 1.807) is 24.3 Å². The maximum Gasteiger partial charge on any atom is 0.328 e. The lowest BCUT2D eigenvalue weighted by molar-refractivity contribution is -0.140. The zero-order valence-corrected chi connectivity index (χ0v) is 24.3. The highest BCUT2D eigenvalue weighted by molar-refractivity contribution is 7.99. The van der Waals surface area contributed by atoms with Crippen LogP contribution in [0.25, 0.3) is 11.2 Å². The number of aromatic nitrogens is 4. The first-order valence-electron chi connectivity index (χ1n) is 13.4. The van der Waals surface area contributed by atoms with E-state index < -0.39 is 36.2 Å². The number of nitrogens with one attached hydrogen (secondary N) is 4. The Balaban J connectivity index is 1.59. The fraction of sp³-hybridized carbons (Fsp3) is 0.462. The Labute approximate surface area is 246 Å². The predicted molar refractivity (Wildman–Crippen MR) is 161 cm³/mol. The van der Waals surface area contributed by atoms with Crippen molar-refractivity contribution in [2.24, 2.45) is 5.73 Å². The summed E-state index contributed by atoms with van der Waals surface area (Å²) in [5.74, 6) is -0.411. The Morgan fingerprint density at radius 1 is 1.19 bits per heavy atom. The lowest BCUT2D eigenvalue weighted by Crippen LogP contribution is -2.52. The molecule has 15 nitrogen and oxygen atoms in total. The normalized spacial score (nSPS) is 12.5. The van der Waals surface area contributed by atoms with Crippen LogP contribution in [0.1, 0.15) is 32.3 Å². The SMILES string of the molecule is CCCCNc1nc(N)c2[nH]c(=O)n(Cc3ccc(NC(=O)[C@H](CO)NC(=O)[C@@H](N)CSCCOC(C)=O)cc3)c2n1. The average Bonchev–Trinajstić information content (AvgIpc) is 3.27. The van der Waals surface area contributed by atoms with Gasteiger partial charge in [-0.05, 0) is 24.1 Å². The highest BCUT2D eigenvalue weighted by atomic mass is 32.2. The van der Waals surface area contributed by atoms with Crippen molar-refractivity contribution < 1.29 is 24.2 Å². The van der Waals surface area contributed by atoms with Crippen LogP contribution in [-0.2, 0) is 25.7 Å². The van der Waals surface area contributed by atoms with Crippen LogP contribution in [0, 0.1) is 0 Å². The lowest BCUT2D eigenvalue weighted by Gasteiger charge is -2.19. The van der Waals surface area contributed by atoms with E-state index in [9.17, 15) is 24.3 Å². The standard InChI is InChI=1S/C26H37N9O6S/c1-3-4-9-29-25-33-21(28)20-22(34-25)35(26(40)32-20)12-16-5-7-17(8-6-16)30-24(39)19(13-36)31-23(38)18(27)14-42-11-10-41-15(2)37/h5-8,18-19,36H,3-4,9-14,27H2,1-2H3,(H,30,39)(H,31,38)(H,32,40)(H3,28,29,33,34)/t18-,19-/m0/s1. The number of rotatable bonds is 16. The minimum atomic E-state index is -1.22. The topological polar surface area (TPSA) is 232 Å². The van der Waals surface area contributed by atoms with Crippen LogP contribution in [0.2, 0.25) is 0 Å². The van der Waals surface area contributed by atoms with Crippen LogP contribution in [0.3, 0.4) is 0 Å². The number of unbranched alkanes of at least 4 members (excludes halogenated alkanes) is 1. The average molecular weight is 604 g/mol. The summed E-state index contributed by atoms with van der Waals surface area (Å²) in [5, 5.41) is 17.9. The van der Waals surface area contributed by atoms with Crippen molar-refractivity contribution in [3.63, 3.8) is 0 Å². The highest BCUT2D eigenvalue weighted by Gasteiger charge is 2.23. The summed E-state index contributed by atoms with van der Waals surface area (Å²) in [6, 6.07) is 4.57. The van der Waals surface area contributed by atoms with Gasteiger partial charge >= 0.3 is 11.7 Å². The van der Waals surface area contributed by atoms with Crippen LogP contribution in [-0.4, -0.2) is 85.8 Å². The maximum atomic E-state index is 12.7. The molecule has 0 aliphatic rings. The van der Waals surface area contributed by atoms with E-state index in [4.69, 9.17) is 16.2 Å². The van der Waals surface area contributed by atoms with Gasteiger partial charge in [0.25, 0.3) is 0 Å². The first-order chi connectivity index (χ1) is 20.1. The van der Waals surface area contributed by atoms with Crippen molar-refractivity contribution in [2.75, 3.05) is 47.6 Å². The number of aliphatic hydroxyl groups is 1. The summed E-state index contributed by atoms with van der Waals surface area (Å²) in [5.41, 5.74) is 13.4. The minimum absolute atomic E-state index is 0.164. The third-order valence-corrected chi connectivity index (χ3v) is 7.06. The Kier molecular flexibility index (Phi) is 12.1. The van der Waals surface area contributed by atoms with E-state index in [0.717, 1.165) is 18.4 Å². The van der Waals surface area contributed by atoms with Gasteiger partial charge in [-0.25, -0.2) is 4.79 Å². The molecule has 2 atom stereocenters. The number of nitrogen functional groups attached to an aromatic ring is 1. The number of fused-ring (bicyclic) bond motifs is 1. The van der Waals surface area contributed by atoms with Crippen LogP contribution >= 0.6 is 11.8 Å². The molecule has 0 radical (unpaired) electrons. The van der Waals surface area contributed by atoms with Crippen LogP contribution in [0.4, 0.5) is 17.5 Å². The number of anilines is 3. The van der Waals surface area contributed by atoms with Gasteiger partial charge in [0, 0.05) is 30.7 Å². The van der Waals surface area contributed by atoms with Gasteiger partial charge in [-0.15, -0.1) is 0 Å². The number of ether oxygens (including phenoxy) is 1. The zero-order chi connectivity index (χ0) is 30.6. The van der Waals surface area contributed by atoms with Crippen molar-refractivity contribution in [1.82, 2.24) is 24.8 Å². The maximum absolute atomic E-state index is 12.7. The van der Waals surface area contributed by atoms with E-state index in [-0.39, 0.29) is 30.7 Å². The monoisotopic (exact) mass is 603 g/mol. The molecule has 0 saturated carbocycles. The van der Waals surface area contributed by atoms with Crippen molar-refractivity contribution in [1.29, 1.82) is 0 Å². The molecule has 3 rings (SSSR count). The third-order valence-electron chi connectivity index (χ3n) is 6.01. The molecule has 16 heteroatoms. The second-order valence-electron chi connectivity index (χ2n) is 9.38. The first-order valence-corrected chi connectivity index (χ1v) is 14.6. The molecule has 1 aromatic carbocycles. The van der Waals surface area contributed by atoms with E-state index in [0.29, 0.717) is 35.1 Å². The molecule has 2 heterocycles. The van der Waals surface area contributed by atoms with Gasteiger partial charge in [-0.2, -0.15) is 21.7 Å². The van der Waals surface area contributed by atoms with Crippen LogP contribution in [0.15, 0.2) is 29.1 Å². The van der Waals surface area contributed by atoms with E-state index in [1.807, 2.05) is 0 Å². The summed E-state index contributed by atoms with van der Waals surface area (Å²) in [4.78, 5) is 59.9. The molecule has 9 N–H and O–H groups in total. The number of carbonyl (C=O) groups excluding carboxylic acids is 3. The van der Waals surface area contributed by atoms with Gasteiger partial charge in [-0.3, -0.25) is 19.0 Å². The van der Waals surface area contributed by atoms with Gasteiger partial charge in [-0.1, -0.05) is 25.5 Å². The second kappa shape index (κ2) is 15.7. The number of nitrogens with two attached hydrogens (primary N) is 2. The number of hydrogen-bond acceptors (Lipinski definition) is 12. The van der Waals surface area contributed by atoms with Gasteiger partial charge in [0.15, 0.2) is 11.5 Å². The molecule has 0 fully saturated rings. The fourth-order valence-corrected chi connectivity index (χ4v) is 4.54. The molecule has 0 unspecified atom stereocenters. The van der Waals surface area contributed by atoms with Crippen LogP contribution in [0.5, 0.6) is 0 Å². The number of nitrogens with zero attached hydrogens (tertiary/aromatic N) is 3. The van der Waals surface area contributed by atoms with Crippen molar-refractivity contribution in [3.05, 3.63) is 40.3 Å². The van der Waals surface area contributed by atoms with Crippen molar-refractivity contribution in [3.8, 4) is 0 Å². The summed E-state index contributed by atoms with van der Waals surface area (Å²) >= 11 is 1.32. The van der Waals surface area contributed by atoms with Gasteiger partial charge < -0.3 is 42.2 Å². The molecule has 0 spiro atoms. The molecule has 228 valence electrons.